The molecule has 0 saturated carbocycles. The Morgan fingerprint density at radius 2 is 1.88 bits per heavy atom. The second-order valence-corrected chi connectivity index (χ2v) is 8.41. The molecule has 25 heavy (non-hydrogen) atoms. The van der Waals surface area contributed by atoms with Crippen LogP contribution in [0.15, 0.2) is 48.5 Å². The van der Waals surface area contributed by atoms with E-state index in [4.69, 9.17) is 0 Å². The molecule has 3 rings (SSSR count). The highest BCUT2D eigenvalue weighted by molar-refractivity contribution is 7.93. The standard InChI is InChI=1S/C19H22N2O3S/c1-14-7-9-16(10-8-14)15(2)20-19(22)17-5-3-6-18(13-17)21-11-4-12-25(21,23)24/h3,5-10,13,15H,4,11-12H2,1-2H3,(H,20,22). The van der Waals surface area contributed by atoms with Gasteiger partial charge in [-0.3, -0.25) is 9.10 Å². The van der Waals surface area contributed by atoms with E-state index in [1.54, 1.807) is 24.3 Å². The number of amides is 1. The van der Waals surface area contributed by atoms with E-state index in [0.29, 0.717) is 24.2 Å². The van der Waals surface area contributed by atoms with Crippen LogP contribution in [0.25, 0.3) is 0 Å². The van der Waals surface area contributed by atoms with Crippen LogP contribution in [0.1, 0.15) is 40.9 Å². The molecule has 5 nitrogen and oxygen atoms in total. The van der Waals surface area contributed by atoms with Crippen LogP contribution in [-0.2, 0) is 10.0 Å². The van der Waals surface area contributed by atoms with Crippen molar-refractivity contribution in [2.24, 2.45) is 0 Å². The van der Waals surface area contributed by atoms with E-state index in [1.807, 2.05) is 38.1 Å². The van der Waals surface area contributed by atoms with Crippen molar-refractivity contribution in [3.05, 3.63) is 65.2 Å². The highest BCUT2D eigenvalue weighted by Gasteiger charge is 2.28. The number of rotatable bonds is 4. The first-order valence-electron chi connectivity index (χ1n) is 8.35. The minimum atomic E-state index is -3.25. The van der Waals surface area contributed by atoms with E-state index in [-0.39, 0.29) is 17.7 Å². The maximum absolute atomic E-state index is 12.5. The molecule has 1 N–H and O–H groups in total. The van der Waals surface area contributed by atoms with Crippen molar-refractivity contribution >= 4 is 21.6 Å². The monoisotopic (exact) mass is 358 g/mol. The van der Waals surface area contributed by atoms with Crippen molar-refractivity contribution in [2.75, 3.05) is 16.6 Å². The van der Waals surface area contributed by atoms with E-state index in [1.165, 1.54) is 9.87 Å². The van der Waals surface area contributed by atoms with Crippen LogP contribution in [0.5, 0.6) is 0 Å². The number of carbonyl (C=O) groups is 1. The lowest BCUT2D eigenvalue weighted by Gasteiger charge is -2.18. The fraction of sp³-hybridized carbons (Fsp3) is 0.316. The summed E-state index contributed by atoms with van der Waals surface area (Å²) in [5.74, 6) is -0.0556. The quantitative estimate of drug-likeness (QED) is 0.913. The van der Waals surface area contributed by atoms with E-state index in [2.05, 4.69) is 5.32 Å². The SMILES string of the molecule is Cc1ccc(C(C)NC(=O)c2cccc(N3CCCS3(=O)=O)c2)cc1. The summed E-state index contributed by atoms with van der Waals surface area (Å²) in [5, 5.41) is 2.96. The van der Waals surface area contributed by atoms with Gasteiger partial charge in [-0.15, -0.1) is 0 Å². The molecule has 1 fully saturated rings. The predicted octanol–water partition coefficient (Wildman–Crippen LogP) is 3.03. The number of hydrogen-bond donors (Lipinski definition) is 1. The summed E-state index contributed by atoms with van der Waals surface area (Å²) >= 11 is 0. The lowest BCUT2D eigenvalue weighted by atomic mass is 10.1. The first-order valence-corrected chi connectivity index (χ1v) is 9.96. The van der Waals surface area contributed by atoms with Crippen molar-refractivity contribution in [3.63, 3.8) is 0 Å². The number of carbonyl (C=O) groups excluding carboxylic acids is 1. The Morgan fingerprint density at radius 3 is 2.52 bits per heavy atom. The lowest BCUT2D eigenvalue weighted by molar-refractivity contribution is 0.0940. The van der Waals surface area contributed by atoms with E-state index < -0.39 is 10.0 Å². The maximum Gasteiger partial charge on any atom is 0.251 e. The van der Waals surface area contributed by atoms with Gasteiger partial charge in [-0.25, -0.2) is 8.42 Å². The summed E-state index contributed by atoms with van der Waals surface area (Å²) in [6.45, 7) is 4.41. The molecule has 1 atom stereocenters. The van der Waals surface area contributed by atoms with Crippen molar-refractivity contribution in [1.29, 1.82) is 0 Å². The Balaban J connectivity index is 1.76. The maximum atomic E-state index is 12.5. The van der Waals surface area contributed by atoms with Gasteiger partial charge < -0.3 is 5.32 Å². The zero-order valence-corrected chi connectivity index (χ0v) is 15.2. The third-order valence-electron chi connectivity index (χ3n) is 4.42. The van der Waals surface area contributed by atoms with Gasteiger partial charge in [0.1, 0.15) is 0 Å². The number of benzene rings is 2. The fourth-order valence-corrected chi connectivity index (χ4v) is 4.51. The number of hydrogen-bond acceptors (Lipinski definition) is 3. The molecule has 1 unspecified atom stereocenters. The molecule has 0 bridgehead atoms. The van der Waals surface area contributed by atoms with Crippen molar-refractivity contribution in [3.8, 4) is 0 Å². The lowest BCUT2D eigenvalue weighted by Crippen LogP contribution is -2.28. The van der Waals surface area contributed by atoms with Crippen molar-refractivity contribution in [1.82, 2.24) is 5.32 Å². The Bertz CT molecular complexity index is 876. The molecule has 1 aliphatic rings. The Morgan fingerprint density at radius 1 is 1.16 bits per heavy atom. The molecular weight excluding hydrogens is 336 g/mol. The molecule has 6 heteroatoms. The normalized spacial score (nSPS) is 17.3. The molecular formula is C19H22N2O3S. The average Bonchev–Trinajstić information content (AvgIpc) is 2.94. The first-order chi connectivity index (χ1) is 11.9. The topological polar surface area (TPSA) is 66.5 Å². The number of aryl methyl sites for hydroxylation is 1. The van der Waals surface area contributed by atoms with Crippen LogP contribution >= 0.6 is 0 Å². The van der Waals surface area contributed by atoms with Crippen molar-refractivity contribution < 1.29 is 13.2 Å². The summed E-state index contributed by atoms with van der Waals surface area (Å²) < 4.78 is 25.5. The number of nitrogens with zero attached hydrogens (tertiary/aromatic N) is 1. The van der Waals surface area contributed by atoms with Gasteiger partial charge in [0.15, 0.2) is 0 Å². The molecule has 1 saturated heterocycles. The molecule has 132 valence electrons. The van der Waals surface area contributed by atoms with Gasteiger partial charge in [-0.05, 0) is 44.0 Å². The summed E-state index contributed by atoms with van der Waals surface area (Å²) in [7, 11) is -3.25. The predicted molar refractivity (Wildman–Crippen MR) is 99.3 cm³/mol. The molecule has 0 radical (unpaired) electrons. The average molecular weight is 358 g/mol. The molecule has 0 spiro atoms. The fourth-order valence-electron chi connectivity index (χ4n) is 2.95. The Labute approximate surface area is 148 Å². The molecule has 1 aliphatic heterocycles. The second kappa shape index (κ2) is 6.88. The molecule has 1 heterocycles. The summed E-state index contributed by atoms with van der Waals surface area (Å²) in [6.07, 6.45) is 0.614. The highest BCUT2D eigenvalue weighted by Crippen LogP contribution is 2.25. The van der Waals surface area contributed by atoms with Crippen LogP contribution in [0.2, 0.25) is 0 Å². The van der Waals surface area contributed by atoms with Gasteiger partial charge in [0.2, 0.25) is 10.0 Å². The van der Waals surface area contributed by atoms with Crippen LogP contribution in [0, 0.1) is 6.92 Å². The van der Waals surface area contributed by atoms with Crippen LogP contribution in [-0.4, -0.2) is 26.6 Å². The van der Waals surface area contributed by atoms with Gasteiger partial charge in [-0.1, -0.05) is 35.9 Å². The van der Waals surface area contributed by atoms with Crippen molar-refractivity contribution in [2.45, 2.75) is 26.3 Å². The summed E-state index contributed by atoms with van der Waals surface area (Å²) in [4.78, 5) is 12.5. The largest absolute Gasteiger partial charge is 0.346 e. The third kappa shape index (κ3) is 3.85. The third-order valence-corrected chi connectivity index (χ3v) is 6.29. The first kappa shape index (κ1) is 17.5. The zero-order chi connectivity index (χ0) is 18.0. The molecule has 2 aromatic carbocycles. The molecule has 0 aromatic heterocycles. The Hall–Kier alpha value is -2.34. The molecule has 1 amide bonds. The van der Waals surface area contributed by atoms with Gasteiger partial charge in [0, 0.05) is 12.1 Å². The molecule has 0 aliphatic carbocycles. The summed E-state index contributed by atoms with van der Waals surface area (Å²) in [5.41, 5.74) is 3.20. The number of nitrogens with one attached hydrogen (secondary N) is 1. The van der Waals surface area contributed by atoms with Crippen LogP contribution in [0.3, 0.4) is 0 Å². The molecule has 2 aromatic rings. The number of anilines is 1. The van der Waals surface area contributed by atoms with E-state index in [0.717, 1.165) is 5.56 Å². The van der Waals surface area contributed by atoms with Crippen LogP contribution in [0.4, 0.5) is 5.69 Å². The smallest absolute Gasteiger partial charge is 0.251 e. The second-order valence-electron chi connectivity index (χ2n) is 6.40. The summed E-state index contributed by atoms with van der Waals surface area (Å²) in [6, 6.07) is 14.7. The van der Waals surface area contributed by atoms with Gasteiger partial charge in [0.25, 0.3) is 5.91 Å². The highest BCUT2D eigenvalue weighted by atomic mass is 32.2. The van der Waals surface area contributed by atoms with E-state index in [9.17, 15) is 13.2 Å². The van der Waals surface area contributed by atoms with E-state index >= 15 is 0 Å². The number of sulfonamides is 1. The Kier molecular flexibility index (Phi) is 4.81. The van der Waals surface area contributed by atoms with Gasteiger partial charge in [-0.2, -0.15) is 0 Å². The zero-order valence-electron chi connectivity index (χ0n) is 14.4. The minimum Gasteiger partial charge on any atom is -0.346 e. The van der Waals surface area contributed by atoms with Crippen LogP contribution < -0.4 is 9.62 Å². The van der Waals surface area contributed by atoms with Gasteiger partial charge >= 0.3 is 0 Å². The minimum absolute atomic E-state index is 0.132. The van der Waals surface area contributed by atoms with Gasteiger partial charge in [0.05, 0.1) is 17.5 Å².